The van der Waals surface area contributed by atoms with Crippen LogP contribution in [0.1, 0.15) is 12.8 Å². The Balaban J connectivity index is 2.35. The highest BCUT2D eigenvalue weighted by molar-refractivity contribution is 6.66. The standard InChI is InChI=1S/C11H6Cl6O2/c12-7-8(13)10(15)6-4(19)2-1-3(18)5(6)9(7,14)11(10,16)17/h5-6H,1-2H2. The molecule has 3 aliphatic rings. The third-order valence-corrected chi connectivity index (χ3v) is 8.51. The van der Waals surface area contributed by atoms with Gasteiger partial charge in [-0.25, -0.2) is 0 Å². The van der Waals surface area contributed by atoms with E-state index in [9.17, 15) is 9.59 Å². The van der Waals surface area contributed by atoms with Crippen molar-refractivity contribution in [3.63, 3.8) is 0 Å². The lowest BCUT2D eigenvalue weighted by Gasteiger charge is -2.37. The maximum Gasteiger partial charge on any atom is 0.167 e. The zero-order chi connectivity index (χ0) is 14.4. The second kappa shape index (κ2) is 3.97. The van der Waals surface area contributed by atoms with Gasteiger partial charge in [-0.15, -0.1) is 23.2 Å². The molecule has 0 spiro atoms. The molecule has 8 heteroatoms. The molecule has 2 saturated carbocycles. The molecule has 0 aromatic rings. The highest BCUT2D eigenvalue weighted by Gasteiger charge is 2.85. The van der Waals surface area contributed by atoms with Crippen molar-refractivity contribution in [3.8, 4) is 0 Å². The minimum atomic E-state index is -1.82. The molecule has 0 aromatic heterocycles. The predicted molar refractivity (Wildman–Crippen MR) is 76.6 cm³/mol. The zero-order valence-corrected chi connectivity index (χ0v) is 13.7. The average molecular weight is 383 g/mol. The zero-order valence-electron chi connectivity index (χ0n) is 9.15. The van der Waals surface area contributed by atoms with Gasteiger partial charge in [0, 0.05) is 12.8 Å². The van der Waals surface area contributed by atoms with Crippen LogP contribution in [0.4, 0.5) is 0 Å². The summed E-state index contributed by atoms with van der Waals surface area (Å²) < 4.78 is -1.82. The Bertz CT molecular complexity index is 509. The van der Waals surface area contributed by atoms with Crippen molar-refractivity contribution >= 4 is 81.2 Å². The summed E-state index contributed by atoms with van der Waals surface area (Å²) in [5.41, 5.74) is 0. The van der Waals surface area contributed by atoms with E-state index in [1.165, 1.54) is 0 Å². The lowest BCUT2D eigenvalue weighted by Crippen LogP contribution is -2.48. The van der Waals surface area contributed by atoms with Crippen molar-refractivity contribution in [2.45, 2.75) is 26.9 Å². The molecule has 0 saturated heterocycles. The fourth-order valence-electron chi connectivity index (χ4n) is 3.36. The first-order valence-corrected chi connectivity index (χ1v) is 7.76. The highest BCUT2D eigenvalue weighted by atomic mass is 35.5. The Kier molecular flexibility index (Phi) is 3.08. The number of rotatable bonds is 0. The predicted octanol–water partition coefficient (Wildman–Crippen LogP) is 4.00. The maximum atomic E-state index is 12.2. The first-order chi connectivity index (χ1) is 8.61. The summed E-state index contributed by atoms with van der Waals surface area (Å²) in [6.07, 6.45) is 0.181. The summed E-state index contributed by atoms with van der Waals surface area (Å²) in [6, 6.07) is 0. The van der Waals surface area contributed by atoms with Gasteiger partial charge < -0.3 is 0 Å². The van der Waals surface area contributed by atoms with Gasteiger partial charge in [-0.3, -0.25) is 9.59 Å². The third-order valence-electron chi connectivity index (χ3n) is 4.25. The van der Waals surface area contributed by atoms with Crippen molar-refractivity contribution in [2.75, 3.05) is 0 Å². The number of carbonyl (C=O) groups excluding carboxylic acids is 2. The van der Waals surface area contributed by atoms with Crippen molar-refractivity contribution in [3.05, 3.63) is 10.1 Å². The molecule has 4 atom stereocenters. The number of alkyl halides is 4. The number of Topliss-reactive ketones (excluding diaryl/α,β-unsaturated/α-hetero) is 2. The molecule has 0 N–H and O–H groups in total. The molecule has 4 unspecified atom stereocenters. The summed E-state index contributed by atoms with van der Waals surface area (Å²) in [4.78, 5) is 21.0. The first kappa shape index (κ1) is 14.7. The van der Waals surface area contributed by atoms with Gasteiger partial charge >= 0.3 is 0 Å². The lowest BCUT2D eigenvalue weighted by molar-refractivity contribution is -0.137. The molecule has 3 rings (SSSR count). The van der Waals surface area contributed by atoms with Crippen molar-refractivity contribution in [1.29, 1.82) is 0 Å². The van der Waals surface area contributed by atoms with Gasteiger partial charge in [0.2, 0.25) is 0 Å². The molecule has 0 amide bonds. The van der Waals surface area contributed by atoms with Crippen LogP contribution in [0.25, 0.3) is 0 Å². The lowest BCUT2D eigenvalue weighted by atomic mass is 9.71. The molecule has 2 bridgehead atoms. The molecule has 2 nitrogen and oxygen atoms in total. The largest absolute Gasteiger partial charge is 0.299 e. The van der Waals surface area contributed by atoms with E-state index in [0.717, 1.165) is 0 Å². The van der Waals surface area contributed by atoms with Crippen LogP contribution in [0, 0.1) is 11.8 Å². The Morgan fingerprint density at radius 1 is 0.789 bits per heavy atom. The van der Waals surface area contributed by atoms with E-state index in [2.05, 4.69) is 0 Å². The number of ketones is 2. The van der Waals surface area contributed by atoms with E-state index in [1.54, 1.807) is 0 Å². The highest BCUT2D eigenvalue weighted by Crippen LogP contribution is 2.77. The van der Waals surface area contributed by atoms with Gasteiger partial charge in [0.25, 0.3) is 0 Å². The number of carbonyl (C=O) groups is 2. The SMILES string of the molecule is O=C1CCC(=O)C2C1C1(Cl)C(Cl)=C(Cl)C2(Cl)C1(Cl)Cl. The third kappa shape index (κ3) is 1.31. The molecule has 0 heterocycles. The van der Waals surface area contributed by atoms with Crippen LogP contribution in [0.2, 0.25) is 0 Å². The van der Waals surface area contributed by atoms with Crippen molar-refractivity contribution < 1.29 is 9.59 Å². The van der Waals surface area contributed by atoms with E-state index in [-0.39, 0.29) is 34.5 Å². The molecule has 104 valence electrons. The minimum Gasteiger partial charge on any atom is -0.299 e. The maximum absolute atomic E-state index is 12.2. The van der Waals surface area contributed by atoms with Crippen molar-refractivity contribution in [2.24, 2.45) is 11.8 Å². The van der Waals surface area contributed by atoms with E-state index in [0.29, 0.717) is 0 Å². The van der Waals surface area contributed by atoms with Gasteiger partial charge in [0.1, 0.15) is 21.3 Å². The van der Waals surface area contributed by atoms with E-state index in [4.69, 9.17) is 69.6 Å². The molecule has 19 heavy (non-hydrogen) atoms. The summed E-state index contributed by atoms with van der Waals surface area (Å²) in [7, 11) is 0. The molecule has 0 aromatic carbocycles. The van der Waals surface area contributed by atoms with Crippen LogP contribution in [0.5, 0.6) is 0 Å². The van der Waals surface area contributed by atoms with Crippen LogP contribution in [0.3, 0.4) is 0 Å². The van der Waals surface area contributed by atoms with Gasteiger partial charge in [-0.2, -0.15) is 0 Å². The topological polar surface area (TPSA) is 34.1 Å². The van der Waals surface area contributed by atoms with Gasteiger partial charge in [-0.1, -0.05) is 46.4 Å². The second-order valence-corrected chi connectivity index (χ2v) is 8.29. The fourth-order valence-corrected chi connectivity index (χ4v) is 6.34. The Morgan fingerprint density at radius 2 is 1.11 bits per heavy atom. The quantitative estimate of drug-likeness (QED) is 0.593. The summed E-state index contributed by atoms with van der Waals surface area (Å²) in [6.45, 7) is 0. The van der Waals surface area contributed by atoms with Gasteiger partial charge in [-0.05, 0) is 0 Å². The molecule has 0 aliphatic heterocycles. The van der Waals surface area contributed by atoms with Crippen LogP contribution in [-0.2, 0) is 9.59 Å². The first-order valence-electron chi connectivity index (χ1n) is 5.49. The Labute approximate surface area is 139 Å². The average Bonchev–Trinajstić information content (AvgIpc) is 2.55. The summed E-state index contributed by atoms with van der Waals surface area (Å²) >= 11 is 37.7. The van der Waals surface area contributed by atoms with E-state index >= 15 is 0 Å². The minimum absolute atomic E-state index is 0.0415. The van der Waals surface area contributed by atoms with Crippen LogP contribution < -0.4 is 0 Å². The normalized spacial score (nSPS) is 47.9. The second-order valence-electron chi connectivity index (χ2n) is 5.01. The molecule has 2 fully saturated rings. The fraction of sp³-hybridized carbons (Fsp3) is 0.636. The molecular weight excluding hydrogens is 377 g/mol. The van der Waals surface area contributed by atoms with Gasteiger partial charge in [0.15, 0.2) is 4.33 Å². The van der Waals surface area contributed by atoms with E-state index < -0.39 is 25.9 Å². The Morgan fingerprint density at radius 3 is 1.42 bits per heavy atom. The molecular formula is C11H6Cl6O2. The smallest absolute Gasteiger partial charge is 0.167 e. The number of halogens is 6. The molecule has 0 radical (unpaired) electrons. The van der Waals surface area contributed by atoms with E-state index in [1.807, 2.05) is 0 Å². The number of hydrogen-bond donors (Lipinski definition) is 0. The number of fused-ring (bicyclic) bond motifs is 5. The molecule has 3 aliphatic carbocycles. The summed E-state index contributed by atoms with van der Waals surface area (Å²) in [5, 5.41) is -0.0831. The number of allylic oxidation sites excluding steroid dienone is 2. The summed E-state index contributed by atoms with van der Waals surface area (Å²) in [5.74, 6) is -2.29. The van der Waals surface area contributed by atoms with Crippen LogP contribution in [0.15, 0.2) is 10.1 Å². The number of hydrogen-bond acceptors (Lipinski definition) is 2. The monoisotopic (exact) mass is 380 g/mol. The Hall–Kier alpha value is 0.820. The van der Waals surface area contributed by atoms with Gasteiger partial charge in [0.05, 0.1) is 21.9 Å². The van der Waals surface area contributed by atoms with Crippen LogP contribution in [-0.4, -0.2) is 25.6 Å². The van der Waals surface area contributed by atoms with Crippen molar-refractivity contribution in [1.82, 2.24) is 0 Å². The van der Waals surface area contributed by atoms with Crippen LogP contribution >= 0.6 is 69.6 Å².